The number of nitrogens with zero attached hydrogens (tertiary/aromatic N) is 1. The monoisotopic (exact) mass is 247 g/mol. The second-order valence-corrected chi connectivity index (χ2v) is 4.26. The lowest BCUT2D eigenvalue weighted by atomic mass is 10.2. The Morgan fingerprint density at radius 2 is 2.00 bits per heavy atom. The summed E-state index contributed by atoms with van der Waals surface area (Å²) in [6.45, 7) is 5.10. The summed E-state index contributed by atoms with van der Waals surface area (Å²) in [7, 11) is 4.00. The van der Waals surface area contributed by atoms with Crippen molar-refractivity contribution in [3.63, 3.8) is 0 Å². The lowest BCUT2D eigenvalue weighted by Gasteiger charge is -2.13. The summed E-state index contributed by atoms with van der Waals surface area (Å²) < 4.78 is 0. The Bertz CT molecular complexity index is 385. The van der Waals surface area contributed by atoms with Crippen LogP contribution in [0.5, 0.6) is 0 Å². The van der Waals surface area contributed by atoms with Crippen molar-refractivity contribution in [1.82, 2.24) is 10.6 Å². The molecule has 1 amide bonds. The molecule has 1 rings (SSSR count). The van der Waals surface area contributed by atoms with Gasteiger partial charge in [-0.25, -0.2) is 0 Å². The highest BCUT2D eigenvalue weighted by molar-refractivity contribution is 5.78. The molecule has 0 saturated carbocycles. The van der Waals surface area contributed by atoms with E-state index in [1.54, 1.807) is 6.08 Å². The van der Waals surface area contributed by atoms with Gasteiger partial charge in [-0.05, 0) is 17.7 Å². The number of carbonyl (C=O) groups excluding carboxylic acids is 1. The molecule has 98 valence electrons. The van der Waals surface area contributed by atoms with Crippen LogP contribution in [0, 0.1) is 0 Å². The molecule has 0 fully saturated rings. The molecular formula is C14H21N3O. The molecule has 4 heteroatoms. The largest absolute Gasteiger partial charge is 0.378 e. The Balaban J connectivity index is 2.34. The van der Waals surface area contributed by atoms with Crippen molar-refractivity contribution in [2.24, 2.45) is 0 Å². The highest BCUT2D eigenvalue weighted by Crippen LogP contribution is 2.11. The van der Waals surface area contributed by atoms with Crippen LogP contribution in [0.1, 0.15) is 5.56 Å². The molecule has 0 spiro atoms. The molecular weight excluding hydrogens is 226 g/mol. The fourth-order valence-electron chi connectivity index (χ4n) is 1.46. The first kappa shape index (κ1) is 14.3. The minimum absolute atomic E-state index is 0.00599. The number of benzene rings is 1. The predicted molar refractivity (Wildman–Crippen MR) is 75.7 cm³/mol. The SMILES string of the molecule is C=CCNCC(=O)NCc1ccc(N(C)C)cc1. The van der Waals surface area contributed by atoms with Gasteiger partial charge in [0.2, 0.25) is 5.91 Å². The number of carbonyl (C=O) groups is 1. The van der Waals surface area contributed by atoms with Gasteiger partial charge in [-0.2, -0.15) is 0 Å². The predicted octanol–water partition coefficient (Wildman–Crippen LogP) is 1.14. The van der Waals surface area contributed by atoms with E-state index in [-0.39, 0.29) is 5.91 Å². The number of hydrogen-bond acceptors (Lipinski definition) is 3. The van der Waals surface area contributed by atoms with Gasteiger partial charge in [0, 0.05) is 32.9 Å². The highest BCUT2D eigenvalue weighted by Gasteiger charge is 2.00. The van der Waals surface area contributed by atoms with E-state index in [4.69, 9.17) is 0 Å². The lowest BCUT2D eigenvalue weighted by Crippen LogP contribution is -2.33. The maximum absolute atomic E-state index is 11.5. The second-order valence-electron chi connectivity index (χ2n) is 4.26. The lowest BCUT2D eigenvalue weighted by molar-refractivity contribution is -0.120. The zero-order valence-corrected chi connectivity index (χ0v) is 11.1. The van der Waals surface area contributed by atoms with Crippen LogP contribution in [-0.4, -0.2) is 33.1 Å². The topological polar surface area (TPSA) is 44.4 Å². The van der Waals surface area contributed by atoms with Crippen molar-refractivity contribution in [3.05, 3.63) is 42.5 Å². The van der Waals surface area contributed by atoms with Crippen LogP contribution in [0.4, 0.5) is 5.69 Å². The molecule has 0 unspecified atom stereocenters. The van der Waals surface area contributed by atoms with Crippen molar-refractivity contribution in [2.75, 3.05) is 32.1 Å². The molecule has 4 nitrogen and oxygen atoms in total. The third-order valence-corrected chi connectivity index (χ3v) is 2.52. The second kappa shape index (κ2) is 7.50. The van der Waals surface area contributed by atoms with Gasteiger partial charge in [0.05, 0.1) is 6.54 Å². The van der Waals surface area contributed by atoms with E-state index in [0.29, 0.717) is 19.6 Å². The molecule has 0 aromatic heterocycles. The average Bonchev–Trinajstić information content (AvgIpc) is 2.37. The van der Waals surface area contributed by atoms with E-state index in [1.165, 1.54) is 0 Å². The summed E-state index contributed by atoms with van der Waals surface area (Å²) in [5, 5.41) is 5.82. The van der Waals surface area contributed by atoms with Gasteiger partial charge in [-0.1, -0.05) is 18.2 Å². The average molecular weight is 247 g/mol. The standard InChI is InChI=1S/C14H21N3O/c1-4-9-15-11-14(18)16-10-12-5-7-13(8-6-12)17(2)3/h4-8,15H,1,9-11H2,2-3H3,(H,16,18). The Hall–Kier alpha value is -1.81. The van der Waals surface area contributed by atoms with E-state index in [2.05, 4.69) is 17.2 Å². The van der Waals surface area contributed by atoms with Gasteiger partial charge in [-0.15, -0.1) is 6.58 Å². The number of rotatable bonds is 7. The summed E-state index contributed by atoms with van der Waals surface area (Å²) in [5.74, 6) is -0.00599. The molecule has 0 atom stereocenters. The molecule has 1 aromatic rings. The third kappa shape index (κ3) is 5.01. The maximum atomic E-state index is 11.5. The normalized spacial score (nSPS) is 9.89. The van der Waals surface area contributed by atoms with E-state index in [9.17, 15) is 4.79 Å². The van der Waals surface area contributed by atoms with Gasteiger partial charge in [0.1, 0.15) is 0 Å². The highest BCUT2D eigenvalue weighted by atomic mass is 16.1. The number of anilines is 1. The smallest absolute Gasteiger partial charge is 0.234 e. The van der Waals surface area contributed by atoms with Crippen LogP contribution < -0.4 is 15.5 Å². The molecule has 0 aliphatic carbocycles. The molecule has 1 aromatic carbocycles. The van der Waals surface area contributed by atoms with Crippen LogP contribution in [0.2, 0.25) is 0 Å². The zero-order valence-electron chi connectivity index (χ0n) is 11.1. The van der Waals surface area contributed by atoms with Crippen molar-refractivity contribution in [2.45, 2.75) is 6.54 Å². The minimum atomic E-state index is -0.00599. The van der Waals surface area contributed by atoms with Gasteiger partial charge in [0.15, 0.2) is 0 Å². The summed E-state index contributed by atoms with van der Waals surface area (Å²) >= 11 is 0. The first-order valence-electron chi connectivity index (χ1n) is 5.98. The Kier molecular flexibility index (Phi) is 5.94. The zero-order chi connectivity index (χ0) is 13.4. The number of hydrogen-bond donors (Lipinski definition) is 2. The molecule has 18 heavy (non-hydrogen) atoms. The van der Waals surface area contributed by atoms with Crippen molar-refractivity contribution < 1.29 is 4.79 Å². The first-order valence-corrected chi connectivity index (χ1v) is 5.98. The molecule has 0 saturated heterocycles. The van der Waals surface area contributed by atoms with Crippen LogP contribution in [-0.2, 0) is 11.3 Å². The molecule has 0 aliphatic rings. The van der Waals surface area contributed by atoms with Crippen LogP contribution in [0.3, 0.4) is 0 Å². The molecule has 0 bridgehead atoms. The summed E-state index contributed by atoms with van der Waals surface area (Å²) in [6, 6.07) is 8.12. The fraction of sp³-hybridized carbons (Fsp3) is 0.357. The summed E-state index contributed by atoms with van der Waals surface area (Å²) in [6.07, 6.45) is 1.73. The van der Waals surface area contributed by atoms with Gasteiger partial charge < -0.3 is 15.5 Å². The fourth-order valence-corrected chi connectivity index (χ4v) is 1.46. The van der Waals surface area contributed by atoms with E-state index in [0.717, 1.165) is 11.3 Å². The third-order valence-electron chi connectivity index (χ3n) is 2.52. The van der Waals surface area contributed by atoms with Gasteiger partial charge >= 0.3 is 0 Å². The van der Waals surface area contributed by atoms with Crippen molar-refractivity contribution in [1.29, 1.82) is 0 Å². The van der Waals surface area contributed by atoms with E-state index in [1.807, 2.05) is 43.3 Å². The minimum Gasteiger partial charge on any atom is -0.378 e. The van der Waals surface area contributed by atoms with Gasteiger partial charge in [0.25, 0.3) is 0 Å². The van der Waals surface area contributed by atoms with Crippen LogP contribution in [0.15, 0.2) is 36.9 Å². The molecule has 0 heterocycles. The Morgan fingerprint density at radius 3 is 2.56 bits per heavy atom. The van der Waals surface area contributed by atoms with E-state index >= 15 is 0 Å². The Labute approximate surface area is 109 Å². The first-order chi connectivity index (χ1) is 8.63. The maximum Gasteiger partial charge on any atom is 0.234 e. The van der Waals surface area contributed by atoms with Crippen molar-refractivity contribution >= 4 is 11.6 Å². The quantitative estimate of drug-likeness (QED) is 0.561. The molecule has 2 N–H and O–H groups in total. The Morgan fingerprint density at radius 1 is 1.33 bits per heavy atom. The summed E-state index contributed by atoms with van der Waals surface area (Å²) in [4.78, 5) is 13.5. The van der Waals surface area contributed by atoms with Crippen LogP contribution in [0.25, 0.3) is 0 Å². The number of nitrogens with one attached hydrogen (secondary N) is 2. The summed E-state index contributed by atoms with van der Waals surface area (Å²) in [5.41, 5.74) is 2.25. The van der Waals surface area contributed by atoms with Crippen molar-refractivity contribution in [3.8, 4) is 0 Å². The van der Waals surface area contributed by atoms with Gasteiger partial charge in [-0.3, -0.25) is 4.79 Å². The molecule has 0 aliphatic heterocycles. The van der Waals surface area contributed by atoms with E-state index < -0.39 is 0 Å². The van der Waals surface area contributed by atoms with Crippen LogP contribution >= 0.6 is 0 Å². The number of amides is 1. The molecule has 0 radical (unpaired) electrons.